The van der Waals surface area contributed by atoms with Crippen LogP contribution in [-0.4, -0.2) is 11.9 Å². The summed E-state index contributed by atoms with van der Waals surface area (Å²) in [4.78, 5) is 11.9. The third kappa shape index (κ3) is 2.07. The van der Waals surface area contributed by atoms with Gasteiger partial charge in [0.05, 0.1) is 5.56 Å². The lowest BCUT2D eigenvalue weighted by Crippen LogP contribution is -2.25. The summed E-state index contributed by atoms with van der Waals surface area (Å²) in [5, 5.41) is 2.82. The fourth-order valence-corrected chi connectivity index (χ4v) is 1.49. The quantitative estimate of drug-likeness (QED) is 0.720. The molecule has 74 valence electrons. The summed E-state index contributed by atoms with van der Waals surface area (Å²) in [5.74, 6) is -0.546. The zero-order valence-electron chi connectivity index (χ0n) is 7.46. The molecule has 0 saturated heterocycles. The predicted molar refractivity (Wildman–Crippen MR) is 54.1 cm³/mol. The van der Waals surface area contributed by atoms with E-state index in [-0.39, 0.29) is 11.7 Å². The highest BCUT2D eigenvalue weighted by Crippen LogP contribution is 2.21. The van der Waals surface area contributed by atoms with Crippen molar-refractivity contribution in [2.24, 2.45) is 0 Å². The molecule has 0 heterocycles. The van der Waals surface area contributed by atoms with Crippen LogP contribution >= 0.6 is 12.6 Å². The topological polar surface area (TPSA) is 29.1 Å². The van der Waals surface area contributed by atoms with Crippen molar-refractivity contribution < 1.29 is 9.18 Å². The Morgan fingerprint density at radius 2 is 2.21 bits per heavy atom. The van der Waals surface area contributed by atoms with E-state index < -0.39 is 0 Å². The monoisotopic (exact) mass is 211 g/mol. The molecular formula is C10H10FNOS. The van der Waals surface area contributed by atoms with Crippen LogP contribution in [0.25, 0.3) is 0 Å². The van der Waals surface area contributed by atoms with Crippen molar-refractivity contribution in [3.05, 3.63) is 29.6 Å². The maximum Gasteiger partial charge on any atom is 0.252 e. The molecule has 0 atom stereocenters. The first kappa shape index (κ1) is 9.52. The minimum atomic E-state index is -0.377. The van der Waals surface area contributed by atoms with E-state index in [0.717, 1.165) is 12.8 Å². The van der Waals surface area contributed by atoms with Gasteiger partial charge in [-0.05, 0) is 31.0 Å². The Balaban J connectivity index is 2.17. The summed E-state index contributed by atoms with van der Waals surface area (Å²) in [6, 6.07) is 4.27. The lowest BCUT2D eigenvalue weighted by Gasteiger charge is -2.05. The number of rotatable bonds is 2. The number of halogens is 1. The van der Waals surface area contributed by atoms with Crippen LogP contribution in [0.4, 0.5) is 4.39 Å². The molecule has 1 amide bonds. The van der Waals surface area contributed by atoms with Crippen molar-refractivity contribution >= 4 is 18.5 Å². The van der Waals surface area contributed by atoms with Gasteiger partial charge in [-0.25, -0.2) is 4.39 Å². The average Bonchev–Trinajstić information content (AvgIpc) is 2.87. The van der Waals surface area contributed by atoms with Crippen molar-refractivity contribution in [1.82, 2.24) is 5.32 Å². The minimum absolute atomic E-state index is 0.169. The number of carbonyl (C=O) groups excluding carboxylic acids is 1. The van der Waals surface area contributed by atoms with Crippen LogP contribution in [0.15, 0.2) is 23.1 Å². The second-order valence-corrected chi connectivity index (χ2v) is 3.89. The van der Waals surface area contributed by atoms with Gasteiger partial charge in [0, 0.05) is 10.9 Å². The molecule has 1 aliphatic rings. The van der Waals surface area contributed by atoms with Gasteiger partial charge in [-0.15, -0.1) is 12.6 Å². The summed E-state index contributed by atoms with van der Waals surface area (Å²) < 4.78 is 12.7. The summed E-state index contributed by atoms with van der Waals surface area (Å²) in [6.07, 6.45) is 2.07. The molecule has 2 rings (SSSR count). The minimum Gasteiger partial charge on any atom is -0.349 e. The van der Waals surface area contributed by atoms with Gasteiger partial charge in [-0.1, -0.05) is 0 Å². The summed E-state index contributed by atoms with van der Waals surface area (Å²) in [6.45, 7) is 0. The number of thiol groups is 1. The highest BCUT2D eigenvalue weighted by molar-refractivity contribution is 7.80. The maximum absolute atomic E-state index is 12.7. The Hall–Kier alpha value is -1.03. The van der Waals surface area contributed by atoms with Crippen molar-refractivity contribution in [3.8, 4) is 0 Å². The Labute approximate surface area is 86.9 Å². The number of hydrogen-bond donors (Lipinski definition) is 2. The van der Waals surface area contributed by atoms with E-state index in [1.165, 1.54) is 18.2 Å². The number of amides is 1. The summed E-state index contributed by atoms with van der Waals surface area (Å²) in [5.41, 5.74) is 0.432. The van der Waals surface area contributed by atoms with E-state index in [1.54, 1.807) is 0 Å². The molecule has 1 saturated carbocycles. The van der Waals surface area contributed by atoms with Gasteiger partial charge in [0.25, 0.3) is 5.91 Å². The molecule has 14 heavy (non-hydrogen) atoms. The molecule has 0 aromatic heterocycles. The van der Waals surface area contributed by atoms with Crippen LogP contribution in [0.1, 0.15) is 23.2 Å². The third-order valence-electron chi connectivity index (χ3n) is 2.12. The molecule has 1 fully saturated rings. The van der Waals surface area contributed by atoms with Crippen molar-refractivity contribution in [1.29, 1.82) is 0 Å². The fourth-order valence-electron chi connectivity index (χ4n) is 1.19. The normalized spacial score (nSPS) is 15.3. The largest absolute Gasteiger partial charge is 0.349 e. The molecule has 1 N–H and O–H groups in total. The van der Waals surface area contributed by atoms with E-state index >= 15 is 0 Å². The number of carbonyl (C=O) groups is 1. The van der Waals surface area contributed by atoms with E-state index in [0.29, 0.717) is 16.5 Å². The zero-order valence-corrected chi connectivity index (χ0v) is 8.35. The zero-order chi connectivity index (χ0) is 10.1. The molecule has 0 spiro atoms. The van der Waals surface area contributed by atoms with E-state index in [1.807, 2.05) is 0 Å². The lowest BCUT2D eigenvalue weighted by atomic mass is 10.2. The van der Waals surface area contributed by atoms with Gasteiger partial charge >= 0.3 is 0 Å². The first-order chi connectivity index (χ1) is 6.66. The predicted octanol–water partition coefficient (Wildman–Crippen LogP) is 2.01. The Kier molecular flexibility index (Phi) is 2.46. The van der Waals surface area contributed by atoms with Gasteiger partial charge in [-0.3, -0.25) is 4.79 Å². The van der Waals surface area contributed by atoms with Gasteiger partial charge < -0.3 is 5.32 Å². The van der Waals surface area contributed by atoms with Crippen LogP contribution in [0, 0.1) is 5.82 Å². The molecule has 2 nitrogen and oxygen atoms in total. The lowest BCUT2D eigenvalue weighted by molar-refractivity contribution is 0.0948. The van der Waals surface area contributed by atoms with E-state index in [4.69, 9.17) is 0 Å². The van der Waals surface area contributed by atoms with Crippen LogP contribution in [0.3, 0.4) is 0 Å². The Morgan fingerprint density at radius 3 is 2.79 bits per heavy atom. The summed E-state index contributed by atoms with van der Waals surface area (Å²) in [7, 11) is 0. The summed E-state index contributed by atoms with van der Waals surface area (Å²) >= 11 is 4.05. The molecule has 0 unspecified atom stereocenters. The molecule has 1 aromatic carbocycles. The molecule has 0 aliphatic heterocycles. The van der Waals surface area contributed by atoms with Crippen LogP contribution in [0.2, 0.25) is 0 Å². The molecule has 0 radical (unpaired) electrons. The number of hydrogen-bond acceptors (Lipinski definition) is 2. The Morgan fingerprint density at radius 1 is 1.50 bits per heavy atom. The average molecular weight is 211 g/mol. The van der Waals surface area contributed by atoms with Crippen molar-refractivity contribution in [2.45, 2.75) is 23.8 Å². The van der Waals surface area contributed by atoms with Crippen LogP contribution in [-0.2, 0) is 0 Å². The molecule has 1 aliphatic carbocycles. The smallest absolute Gasteiger partial charge is 0.252 e. The Bertz CT molecular complexity index is 376. The van der Waals surface area contributed by atoms with Gasteiger partial charge in [-0.2, -0.15) is 0 Å². The molecule has 1 aromatic rings. The fraction of sp³-hybridized carbons (Fsp3) is 0.300. The number of benzene rings is 1. The molecule has 4 heteroatoms. The first-order valence-electron chi connectivity index (χ1n) is 4.46. The number of nitrogens with one attached hydrogen (secondary N) is 1. The van der Waals surface area contributed by atoms with Gasteiger partial charge in [0.1, 0.15) is 5.82 Å². The molecule has 0 bridgehead atoms. The maximum atomic E-state index is 12.7. The SMILES string of the molecule is O=C(NC1CC1)c1ccc(F)cc1S. The second kappa shape index (κ2) is 3.61. The molecular weight excluding hydrogens is 201 g/mol. The standard InChI is InChI=1S/C10H10FNOS/c11-6-1-4-8(9(14)5-6)10(13)12-7-2-3-7/h1,4-5,7,14H,2-3H2,(H,12,13). The van der Waals surface area contributed by atoms with Crippen LogP contribution in [0.5, 0.6) is 0 Å². The van der Waals surface area contributed by atoms with E-state index in [9.17, 15) is 9.18 Å². The van der Waals surface area contributed by atoms with Crippen LogP contribution < -0.4 is 5.32 Å². The van der Waals surface area contributed by atoms with E-state index in [2.05, 4.69) is 17.9 Å². The van der Waals surface area contributed by atoms with Gasteiger partial charge in [0.2, 0.25) is 0 Å². The second-order valence-electron chi connectivity index (χ2n) is 3.41. The van der Waals surface area contributed by atoms with Gasteiger partial charge in [0.15, 0.2) is 0 Å². The highest BCUT2D eigenvalue weighted by Gasteiger charge is 2.24. The van der Waals surface area contributed by atoms with Crippen molar-refractivity contribution in [2.75, 3.05) is 0 Å². The third-order valence-corrected chi connectivity index (χ3v) is 2.49. The highest BCUT2D eigenvalue weighted by atomic mass is 32.1. The first-order valence-corrected chi connectivity index (χ1v) is 4.91. The van der Waals surface area contributed by atoms with Crippen molar-refractivity contribution in [3.63, 3.8) is 0 Å².